The van der Waals surface area contributed by atoms with Crippen molar-refractivity contribution in [2.75, 3.05) is 262 Å². The van der Waals surface area contributed by atoms with Gasteiger partial charge in [0, 0.05) is 188 Å². The molecule has 2 amide bonds. The number of morpholine rings is 2. The summed E-state index contributed by atoms with van der Waals surface area (Å²) in [5, 5.41) is 16.1. The third-order valence-electron chi connectivity index (χ3n) is 25.4. The monoisotopic (exact) mass is 1810 g/mol. The predicted octanol–water partition coefficient (Wildman–Crippen LogP) is 15.3. The van der Waals surface area contributed by atoms with Crippen LogP contribution in [0.2, 0.25) is 0 Å². The number of nitrogens with zero attached hydrogens (tertiary/aromatic N) is 12. The van der Waals surface area contributed by atoms with Gasteiger partial charge in [-0.1, -0.05) is 40.5 Å². The average Bonchev–Trinajstić information content (AvgIpc) is 1.08. The van der Waals surface area contributed by atoms with Gasteiger partial charge in [0.15, 0.2) is 0 Å². The zero-order valence-electron chi connectivity index (χ0n) is 90.4. The first-order valence-electron chi connectivity index (χ1n) is 52.1. The van der Waals surface area contributed by atoms with E-state index in [0.29, 0.717) is 65.7 Å². The summed E-state index contributed by atoms with van der Waals surface area (Å²) in [6.07, 6.45) is 19.0. The van der Waals surface area contributed by atoms with Crippen LogP contribution in [-0.2, 0) is 28.5 Å². The molecule has 12 rings (SSSR count). The molecule has 0 aromatic carbocycles. The fourth-order valence-corrected chi connectivity index (χ4v) is 16.9. The zero-order chi connectivity index (χ0) is 95.8. The highest BCUT2D eigenvalue weighted by molar-refractivity contribution is 5.78. The van der Waals surface area contributed by atoms with E-state index in [4.69, 9.17) is 23.7 Å². The lowest BCUT2D eigenvalue weighted by Gasteiger charge is -2.45. The largest absolute Gasteiger partial charge is 0.450 e. The second-order valence-electron chi connectivity index (χ2n) is 45.4. The molecule has 0 aromatic rings. The molecular formula is C103H219N17O7. The minimum Gasteiger partial charge on any atom is -0.450 e. The number of hydrogen-bond acceptors (Lipinski definition) is 22. The summed E-state index contributed by atoms with van der Waals surface area (Å²) < 4.78 is 26.7. The molecule has 0 aliphatic carbocycles. The van der Waals surface area contributed by atoms with Crippen molar-refractivity contribution < 1.29 is 33.3 Å². The molecule has 12 fully saturated rings. The van der Waals surface area contributed by atoms with Crippen LogP contribution in [0.15, 0.2) is 0 Å². The number of ether oxygens (including phenoxy) is 5. The van der Waals surface area contributed by atoms with Crippen LogP contribution in [0.3, 0.4) is 0 Å². The van der Waals surface area contributed by atoms with Gasteiger partial charge in [-0.05, 0) is 368 Å². The van der Waals surface area contributed by atoms with E-state index in [0.717, 1.165) is 136 Å². The van der Waals surface area contributed by atoms with Gasteiger partial charge in [0.05, 0.1) is 64.5 Å². The maximum atomic E-state index is 11.8. The molecule has 0 aromatic heterocycles. The van der Waals surface area contributed by atoms with Crippen LogP contribution < -0.4 is 26.6 Å². The molecule has 12 aliphatic rings. The van der Waals surface area contributed by atoms with E-state index >= 15 is 0 Å². The molecule has 5 N–H and O–H groups in total. The third-order valence-corrected chi connectivity index (χ3v) is 25.4. The van der Waals surface area contributed by atoms with Crippen LogP contribution in [0, 0.1) is 11.8 Å². The Labute approximate surface area is 788 Å². The Morgan fingerprint density at radius 1 is 0.394 bits per heavy atom. The summed E-state index contributed by atoms with van der Waals surface area (Å²) >= 11 is 0. The van der Waals surface area contributed by atoms with Gasteiger partial charge in [-0.25, -0.2) is 4.79 Å². The number of likely N-dealkylation sites (tertiary alicyclic amines) is 5. The molecule has 3 atom stereocenters. The molecule has 0 spiro atoms. The molecule has 12 aliphatic heterocycles. The summed E-state index contributed by atoms with van der Waals surface area (Å²) in [6, 6.07) is 1.71. The highest BCUT2D eigenvalue weighted by Gasteiger charge is 2.35. The first kappa shape index (κ1) is 123. The number of hydrogen-bond donors (Lipinski definition) is 5. The molecule has 12 saturated heterocycles. The normalized spacial score (nSPS) is 23.2. The van der Waals surface area contributed by atoms with E-state index in [-0.39, 0.29) is 35.7 Å². The standard InChI is InChI=1S/C12H24N2O2.C9H20N2O.3C9H19N.C8H16N2O.2C8H18N2.C8H17NO2.C8H17NO.C8H17N.C7H15N/c1-6-16-12(15)14-10(4)7-13(9(2)3)8-11(14)5;1-9(2)12-8-7-11-5-3-10-4-6-11;1-9(2,3)10-7-5-4-6-8-10;1-9(2)5-8-10-6-3-4-7-10;1-9(2)8-10-6-4-3-5-7-10;1-8(2,3)10-5-4-9-7(11)6-10;1-8(2,3)10-6-4-9-5-7-10;1-8(2)10-6-3-4-9-5-7-10;1-7(2)11-6-8-5-9-3-4-10-8;1-8(2,3)9-4-6-10-7-5-9;1-8(2,3)9-6-4-5-7-9;1-7(2,3)8-5-4-6-8/h9-11H,6-8H2,1-5H3;9-10H,3-8H2,1-2H3;4-8H2,1-3H3;2*9H,3-8H2,1-2H3;4-6H2,1-3H3,(H,9,11);9H,4-7H2,1-3H3;8-9H,3-7H2,1-2H3;7-9H,3-6H2,1-2H3;4-7H2,1-3H3;4-7H2,1-3H3;4-6H2,1-3H3. The smallest absolute Gasteiger partial charge is 0.410 e. The van der Waals surface area contributed by atoms with Gasteiger partial charge in [-0.15, -0.1) is 0 Å². The van der Waals surface area contributed by atoms with Gasteiger partial charge in [0.1, 0.15) is 0 Å². The maximum Gasteiger partial charge on any atom is 0.410 e. The first-order chi connectivity index (χ1) is 59.4. The van der Waals surface area contributed by atoms with Crippen molar-refractivity contribution in [1.29, 1.82) is 0 Å². The Hall–Kier alpha value is -2.02. The number of piperazine rings is 4. The van der Waals surface area contributed by atoms with Crippen LogP contribution in [0.25, 0.3) is 0 Å². The summed E-state index contributed by atoms with van der Waals surface area (Å²) in [4.78, 5) is 51.9. The lowest BCUT2D eigenvalue weighted by atomic mass is 10.0. The van der Waals surface area contributed by atoms with Gasteiger partial charge in [-0.2, -0.15) is 0 Å². The van der Waals surface area contributed by atoms with E-state index in [1.54, 1.807) is 0 Å². The topological polar surface area (TPSA) is 179 Å². The molecule has 127 heavy (non-hydrogen) atoms. The minimum absolute atomic E-state index is 0.123. The van der Waals surface area contributed by atoms with Crippen molar-refractivity contribution >= 4 is 12.0 Å². The summed E-state index contributed by atoms with van der Waals surface area (Å²) in [5.74, 6) is 1.87. The quantitative estimate of drug-likeness (QED) is 0.104. The predicted molar refractivity (Wildman–Crippen MR) is 545 cm³/mol. The van der Waals surface area contributed by atoms with Crippen LogP contribution >= 0.6 is 0 Å². The molecule has 0 bridgehead atoms. The van der Waals surface area contributed by atoms with Crippen LogP contribution in [0.4, 0.5) is 4.79 Å². The molecule has 758 valence electrons. The average molecular weight is 1810 g/mol. The van der Waals surface area contributed by atoms with Gasteiger partial charge in [-0.3, -0.25) is 48.9 Å². The molecule has 0 saturated carbocycles. The van der Waals surface area contributed by atoms with Gasteiger partial charge >= 0.3 is 6.09 Å². The van der Waals surface area contributed by atoms with Gasteiger partial charge in [0.25, 0.3) is 0 Å². The van der Waals surface area contributed by atoms with Crippen molar-refractivity contribution in [1.82, 2.24) is 85.4 Å². The van der Waals surface area contributed by atoms with E-state index in [1.165, 1.54) is 208 Å². The number of amides is 2. The molecule has 24 nitrogen and oxygen atoms in total. The van der Waals surface area contributed by atoms with E-state index in [9.17, 15) is 9.59 Å². The lowest BCUT2D eigenvalue weighted by Crippen LogP contribution is -2.59. The Kier molecular flexibility index (Phi) is 65.9. The second-order valence-corrected chi connectivity index (χ2v) is 45.4. The maximum absolute atomic E-state index is 11.8. The second kappa shape index (κ2) is 68.1. The highest BCUT2D eigenvalue weighted by atomic mass is 16.6. The molecule has 0 radical (unpaired) electrons. The van der Waals surface area contributed by atoms with E-state index in [1.807, 2.05) is 25.7 Å². The molecule has 3 unspecified atom stereocenters. The fraction of sp³-hybridized carbons (Fsp3) is 0.981. The summed E-state index contributed by atoms with van der Waals surface area (Å²) in [6.45, 7) is 117. The van der Waals surface area contributed by atoms with Crippen LogP contribution in [0.5, 0.6) is 0 Å². The number of carbonyl (C=O) groups is 2. The van der Waals surface area contributed by atoms with Crippen molar-refractivity contribution in [3.8, 4) is 0 Å². The van der Waals surface area contributed by atoms with Crippen molar-refractivity contribution in [2.45, 2.75) is 388 Å². The SMILES string of the molecule is CC(C)(C)N1CCC1.CC(C)(C)N1CCCC1.CC(C)(C)N1CCCCC1.CC(C)(C)N1CCNC(=O)C1.CC(C)(C)N1CCNCC1.CC(C)(C)N1CCOCC1.CC(C)CCN1CCCC1.CC(C)CN1CCCCC1.CC(C)N1CCCNCC1.CC(C)OCC1CNCCO1.CC(C)OCCN1CCNCC1.CCOC(=O)N1C(C)CN(C(C)C)CC1C. The number of carbonyl (C=O) groups excluding carboxylic acids is 2. The minimum atomic E-state index is -0.175. The first-order valence-corrected chi connectivity index (χ1v) is 52.1. The van der Waals surface area contributed by atoms with Gasteiger partial charge < -0.3 is 65.0 Å². The summed E-state index contributed by atoms with van der Waals surface area (Å²) in [5.41, 5.74) is 2.05. The van der Waals surface area contributed by atoms with Crippen molar-refractivity contribution in [3.05, 3.63) is 0 Å². The summed E-state index contributed by atoms with van der Waals surface area (Å²) in [7, 11) is 0. The van der Waals surface area contributed by atoms with E-state index < -0.39 is 0 Å². The Morgan fingerprint density at radius 2 is 0.795 bits per heavy atom. The third kappa shape index (κ3) is 62.4. The molecule has 24 heteroatoms. The Bertz CT molecular complexity index is 2480. The Morgan fingerprint density at radius 3 is 1.17 bits per heavy atom. The van der Waals surface area contributed by atoms with Crippen molar-refractivity contribution in [3.63, 3.8) is 0 Å². The molecular weight excluding hydrogens is 1590 g/mol. The zero-order valence-corrected chi connectivity index (χ0v) is 90.4. The number of nitrogens with one attached hydrogen (secondary N) is 5. The number of rotatable bonds is 15. The fourth-order valence-electron chi connectivity index (χ4n) is 16.9. The highest BCUT2D eigenvalue weighted by Crippen LogP contribution is 2.24. The number of piperidine rings is 2. The van der Waals surface area contributed by atoms with Crippen molar-refractivity contribution in [2.24, 2.45) is 11.8 Å². The van der Waals surface area contributed by atoms with Crippen LogP contribution in [0.1, 0.15) is 312 Å². The Balaban J connectivity index is 0.000000695. The lowest BCUT2D eigenvalue weighted by molar-refractivity contribution is -0.125. The molecule has 12 heterocycles. The van der Waals surface area contributed by atoms with E-state index in [2.05, 4.69) is 288 Å². The van der Waals surface area contributed by atoms with Crippen LogP contribution in [-0.4, -0.2) is 409 Å². The van der Waals surface area contributed by atoms with Gasteiger partial charge in [0.2, 0.25) is 5.91 Å².